The van der Waals surface area contributed by atoms with E-state index in [0.29, 0.717) is 11.6 Å². The smallest absolute Gasteiger partial charge is 0.183 e. The highest BCUT2D eigenvalue weighted by Crippen LogP contribution is 2.55. The van der Waals surface area contributed by atoms with E-state index in [4.69, 9.17) is 22.1 Å². The molecule has 2 aromatic carbocycles. The Labute approximate surface area is 147 Å². The van der Waals surface area contributed by atoms with Crippen molar-refractivity contribution in [2.45, 2.75) is 28.5 Å². The number of hydrogen-bond acceptors (Lipinski definition) is 4. The lowest BCUT2D eigenvalue weighted by Crippen LogP contribution is -2.36. The van der Waals surface area contributed by atoms with Gasteiger partial charge in [0, 0.05) is 17.5 Å². The monoisotopic (exact) mass is 365 g/mol. The molecule has 0 bridgehead atoms. The maximum atomic E-state index is 13.1. The molecule has 0 aromatic heterocycles. The van der Waals surface area contributed by atoms with Crippen LogP contribution in [0.1, 0.15) is 18.4 Å². The SMILES string of the molecule is CCOC[C@@]1(N)[C@@H](c2ccc(Cl)cc2)[C@@H]1S(=O)(=O)c1ccccc1. The summed E-state index contributed by atoms with van der Waals surface area (Å²) in [5.41, 5.74) is 6.41. The second-order valence-electron chi connectivity index (χ2n) is 6.06. The average Bonchev–Trinajstić information content (AvgIpc) is 3.21. The van der Waals surface area contributed by atoms with Crippen LogP contribution in [0, 0.1) is 0 Å². The lowest BCUT2D eigenvalue weighted by Gasteiger charge is -2.12. The third-order valence-electron chi connectivity index (χ3n) is 4.49. The standard InChI is InChI=1S/C18H20ClNO3S/c1-2-23-12-18(20)16(13-8-10-14(19)11-9-13)17(18)24(21,22)15-6-4-3-5-7-15/h3-11,16-17H,2,12,20H2,1H3/t16-,17-,18+/m0/s1. The summed E-state index contributed by atoms with van der Waals surface area (Å²) in [5.74, 6) is -0.313. The molecule has 0 amide bonds. The molecule has 4 nitrogen and oxygen atoms in total. The van der Waals surface area contributed by atoms with Crippen molar-refractivity contribution >= 4 is 21.4 Å². The van der Waals surface area contributed by atoms with Crippen LogP contribution in [0.25, 0.3) is 0 Å². The largest absolute Gasteiger partial charge is 0.380 e. The molecule has 0 aliphatic heterocycles. The minimum absolute atomic E-state index is 0.202. The van der Waals surface area contributed by atoms with Crippen molar-refractivity contribution in [1.29, 1.82) is 0 Å². The van der Waals surface area contributed by atoms with Crippen LogP contribution in [-0.2, 0) is 14.6 Å². The van der Waals surface area contributed by atoms with Crippen molar-refractivity contribution in [3.05, 3.63) is 65.2 Å². The van der Waals surface area contributed by atoms with E-state index in [0.717, 1.165) is 5.56 Å². The molecule has 0 unspecified atom stereocenters. The van der Waals surface area contributed by atoms with Crippen LogP contribution in [0.2, 0.25) is 5.02 Å². The fraction of sp³-hybridized carbons (Fsp3) is 0.333. The number of halogens is 1. The summed E-state index contributed by atoms with van der Waals surface area (Å²) in [5, 5.41) is -0.102. The zero-order valence-electron chi connectivity index (χ0n) is 13.4. The first-order valence-electron chi connectivity index (χ1n) is 7.82. The van der Waals surface area contributed by atoms with Crippen LogP contribution < -0.4 is 5.73 Å². The molecule has 0 radical (unpaired) electrons. The first kappa shape index (κ1) is 17.4. The minimum atomic E-state index is -3.55. The van der Waals surface area contributed by atoms with Crippen molar-refractivity contribution < 1.29 is 13.2 Å². The Morgan fingerprint density at radius 1 is 1.12 bits per heavy atom. The molecule has 128 valence electrons. The zero-order valence-corrected chi connectivity index (χ0v) is 14.9. The summed E-state index contributed by atoms with van der Waals surface area (Å²) in [6.45, 7) is 2.56. The lowest BCUT2D eigenvalue weighted by molar-refractivity contribution is 0.125. The van der Waals surface area contributed by atoms with E-state index >= 15 is 0 Å². The Hall–Kier alpha value is -1.40. The quantitative estimate of drug-likeness (QED) is 0.854. The van der Waals surface area contributed by atoms with Gasteiger partial charge in [0.25, 0.3) is 0 Å². The van der Waals surface area contributed by atoms with E-state index in [1.807, 2.05) is 19.1 Å². The van der Waals surface area contributed by atoms with Gasteiger partial charge in [0.05, 0.1) is 22.3 Å². The summed E-state index contributed by atoms with van der Waals surface area (Å²) in [4.78, 5) is 0.290. The van der Waals surface area contributed by atoms with E-state index in [2.05, 4.69) is 0 Å². The first-order chi connectivity index (χ1) is 11.4. The Balaban J connectivity index is 1.99. The molecule has 3 atom stereocenters. The summed E-state index contributed by atoms with van der Waals surface area (Å²) >= 11 is 5.94. The van der Waals surface area contributed by atoms with Gasteiger partial charge in [-0.3, -0.25) is 0 Å². The number of benzene rings is 2. The lowest BCUT2D eigenvalue weighted by atomic mass is 10.1. The molecule has 1 saturated carbocycles. The van der Waals surface area contributed by atoms with E-state index in [9.17, 15) is 8.42 Å². The van der Waals surface area contributed by atoms with Gasteiger partial charge in [-0.1, -0.05) is 41.9 Å². The van der Waals surface area contributed by atoms with Gasteiger partial charge in [-0.2, -0.15) is 0 Å². The highest BCUT2D eigenvalue weighted by atomic mass is 35.5. The summed E-state index contributed by atoms with van der Waals surface area (Å²) in [7, 11) is -3.55. The molecule has 0 saturated heterocycles. The highest BCUT2D eigenvalue weighted by Gasteiger charge is 2.69. The second kappa shape index (κ2) is 6.48. The second-order valence-corrected chi connectivity index (χ2v) is 8.56. The van der Waals surface area contributed by atoms with Gasteiger partial charge in [0.2, 0.25) is 0 Å². The highest BCUT2D eigenvalue weighted by molar-refractivity contribution is 7.92. The number of hydrogen-bond donors (Lipinski definition) is 1. The average molecular weight is 366 g/mol. The van der Waals surface area contributed by atoms with Gasteiger partial charge in [0.15, 0.2) is 9.84 Å². The molecule has 3 rings (SSSR count). The maximum Gasteiger partial charge on any atom is 0.183 e. The van der Waals surface area contributed by atoms with Crippen LogP contribution in [0.5, 0.6) is 0 Å². The zero-order chi connectivity index (χ0) is 17.4. The molecular weight excluding hydrogens is 346 g/mol. The summed E-state index contributed by atoms with van der Waals surface area (Å²) in [6, 6.07) is 15.6. The fourth-order valence-electron chi connectivity index (χ4n) is 3.25. The van der Waals surface area contributed by atoms with Crippen molar-refractivity contribution in [2.75, 3.05) is 13.2 Å². The molecule has 0 heterocycles. The number of nitrogens with two attached hydrogens (primary N) is 1. The number of rotatable bonds is 6. The normalized spacial score (nSPS) is 26.3. The number of sulfone groups is 1. The van der Waals surface area contributed by atoms with Crippen molar-refractivity contribution in [3.8, 4) is 0 Å². The molecule has 0 spiro atoms. The molecule has 6 heteroatoms. The minimum Gasteiger partial charge on any atom is -0.380 e. The predicted molar refractivity (Wildman–Crippen MR) is 95.0 cm³/mol. The van der Waals surface area contributed by atoms with Gasteiger partial charge in [-0.15, -0.1) is 0 Å². The van der Waals surface area contributed by atoms with Crippen molar-refractivity contribution in [3.63, 3.8) is 0 Å². The Kier molecular flexibility index (Phi) is 4.71. The van der Waals surface area contributed by atoms with Crippen LogP contribution in [-0.4, -0.2) is 32.4 Å². The summed E-state index contributed by atoms with van der Waals surface area (Å²) in [6.07, 6.45) is 0. The van der Waals surface area contributed by atoms with Crippen LogP contribution >= 0.6 is 11.6 Å². The van der Waals surface area contributed by atoms with E-state index < -0.39 is 20.6 Å². The van der Waals surface area contributed by atoms with Gasteiger partial charge in [-0.05, 0) is 36.8 Å². The molecule has 24 heavy (non-hydrogen) atoms. The Bertz CT molecular complexity index is 808. The van der Waals surface area contributed by atoms with Crippen LogP contribution in [0.4, 0.5) is 0 Å². The van der Waals surface area contributed by atoms with Crippen LogP contribution in [0.15, 0.2) is 59.5 Å². The van der Waals surface area contributed by atoms with E-state index in [-0.39, 0.29) is 17.4 Å². The molecule has 2 aromatic rings. The van der Waals surface area contributed by atoms with Gasteiger partial charge in [0.1, 0.15) is 0 Å². The molecule has 1 aliphatic carbocycles. The molecule has 1 fully saturated rings. The predicted octanol–water partition coefficient (Wildman–Crippen LogP) is 3.01. The molecular formula is C18H20ClNO3S. The maximum absolute atomic E-state index is 13.1. The third kappa shape index (κ3) is 2.97. The van der Waals surface area contributed by atoms with Crippen molar-refractivity contribution in [2.24, 2.45) is 5.73 Å². The third-order valence-corrected chi connectivity index (χ3v) is 7.05. The van der Waals surface area contributed by atoms with E-state index in [1.54, 1.807) is 42.5 Å². The fourth-order valence-corrected chi connectivity index (χ4v) is 5.69. The van der Waals surface area contributed by atoms with E-state index in [1.165, 1.54) is 0 Å². The van der Waals surface area contributed by atoms with Gasteiger partial charge < -0.3 is 10.5 Å². The topological polar surface area (TPSA) is 69.4 Å². The van der Waals surface area contributed by atoms with Crippen LogP contribution in [0.3, 0.4) is 0 Å². The van der Waals surface area contributed by atoms with Crippen molar-refractivity contribution in [1.82, 2.24) is 0 Å². The molecule has 1 aliphatic rings. The Morgan fingerprint density at radius 2 is 1.75 bits per heavy atom. The van der Waals surface area contributed by atoms with Gasteiger partial charge >= 0.3 is 0 Å². The van der Waals surface area contributed by atoms with Gasteiger partial charge in [-0.25, -0.2) is 8.42 Å². The number of ether oxygens (including phenoxy) is 1. The first-order valence-corrected chi connectivity index (χ1v) is 9.74. The summed E-state index contributed by atoms with van der Waals surface area (Å²) < 4.78 is 31.6. The molecule has 2 N–H and O–H groups in total. The Morgan fingerprint density at radius 3 is 2.33 bits per heavy atom.